The van der Waals surface area contributed by atoms with E-state index in [1.165, 1.54) is 7.11 Å². The van der Waals surface area contributed by atoms with Gasteiger partial charge in [0.15, 0.2) is 0 Å². The number of nitrogens with two attached hydrogens (primary N) is 1. The molecule has 0 radical (unpaired) electrons. The van der Waals surface area contributed by atoms with Gasteiger partial charge in [-0.05, 0) is 0 Å². The molecule has 0 aromatic rings. The van der Waals surface area contributed by atoms with Crippen LogP contribution in [-0.2, 0) is 4.74 Å². The zero-order valence-corrected chi connectivity index (χ0v) is 7.97. The largest absolute Gasteiger partial charge is 0.453 e. The summed E-state index contributed by atoms with van der Waals surface area (Å²) in [5, 5.41) is 0. The monoisotopic (exact) mass is 190 g/mol. The van der Waals surface area contributed by atoms with E-state index in [0.29, 0.717) is 6.54 Å². The van der Waals surface area contributed by atoms with Crippen LogP contribution in [0.3, 0.4) is 0 Å². The van der Waals surface area contributed by atoms with Crippen molar-refractivity contribution in [2.75, 3.05) is 31.7 Å². The lowest BCUT2D eigenvalue weighted by Gasteiger charge is -2.33. The molecule has 0 aliphatic carbocycles. The highest BCUT2D eigenvalue weighted by molar-refractivity contribution is 7.99. The molecular formula is C7H14N2O2S. The van der Waals surface area contributed by atoms with Crippen molar-refractivity contribution in [1.29, 1.82) is 0 Å². The molecule has 0 bridgehead atoms. The molecule has 1 heterocycles. The summed E-state index contributed by atoms with van der Waals surface area (Å²) in [7, 11) is 1.40. The van der Waals surface area contributed by atoms with E-state index in [-0.39, 0.29) is 12.1 Å². The molecule has 1 rings (SSSR count). The average Bonchev–Trinajstić information content (AvgIpc) is 2.16. The van der Waals surface area contributed by atoms with Gasteiger partial charge >= 0.3 is 6.09 Å². The first-order valence-electron chi connectivity index (χ1n) is 3.92. The van der Waals surface area contributed by atoms with Gasteiger partial charge in [0.1, 0.15) is 0 Å². The van der Waals surface area contributed by atoms with Gasteiger partial charge in [-0.15, -0.1) is 0 Å². The number of methoxy groups -OCH3 is 1. The standard InChI is InChI=1S/C7H14N2O2S/c1-11-7(10)9-2-3-12-5-6(9)4-8/h6H,2-5,8H2,1H3. The van der Waals surface area contributed by atoms with E-state index in [2.05, 4.69) is 4.74 Å². The predicted molar refractivity (Wildman–Crippen MR) is 49.3 cm³/mol. The molecule has 0 saturated carbocycles. The van der Waals surface area contributed by atoms with E-state index in [9.17, 15) is 4.79 Å². The molecule has 4 nitrogen and oxygen atoms in total. The lowest BCUT2D eigenvalue weighted by Crippen LogP contribution is -2.49. The molecule has 1 aliphatic rings. The van der Waals surface area contributed by atoms with Gasteiger partial charge in [-0.2, -0.15) is 11.8 Å². The van der Waals surface area contributed by atoms with Crippen LogP contribution >= 0.6 is 11.8 Å². The third-order valence-electron chi connectivity index (χ3n) is 1.91. The summed E-state index contributed by atoms with van der Waals surface area (Å²) in [5.41, 5.74) is 5.52. The lowest BCUT2D eigenvalue weighted by molar-refractivity contribution is 0.112. The van der Waals surface area contributed by atoms with Crippen LogP contribution in [0, 0.1) is 0 Å². The fourth-order valence-electron chi connectivity index (χ4n) is 1.21. The second-order valence-electron chi connectivity index (χ2n) is 2.63. The minimum absolute atomic E-state index is 0.149. The van der Waals surface area contributed by atoms with Gasteiger partial charge in [0.25, 0.3) is 0 Å². The number of carbonyl (C=O) groups excluding carboxylic acids is 1. The highest BCUT2D eigenvalue weighted by Crippen LogP contribution is 2.16. The maximum atomic E-state index is 11.2. The van der Waals surface area contributed by atoms with Crippen LogP contribution in [0.1, 0.15) is 0 Å². The van der Waals surface area contributed by atoms with Crippen LogP contribution in [0.25, 0.3) is 0 Å². The first kappa shape index (κ1) is 9.67. The Morgan fingerprint density at radius 3 is 3.17 bits per heavy atom. The van der Waals surface area contributed by atoms with Crippen LogP contribution < -0.4 is 5.73 Å². The molecule has 0 spiro atoms. The summed E-state index contributed by atoms with van der Waals surface area (Å²) >= 11 is 1.83. The van der Waals surface area contributed by atoms with Crippen molar-refractivity contribution >= 4 is 17.9 Å². The van der Waals surface area contributed by atoms with Crippen molar-refractivity contribution in [2.24, 2.45) is 5.73 Å². The topological polar surface area (TPSA) is 55.6 Å². The second-order valence-corrected chi connectivity index (χ2v) is 3.78. The Bertz CT molecular complexity index is 165. The van der Waals surface area contributed by atoms with Gasteiger partial charge in [0, 0.05) is 24.6 Å². The molecule has 0 aromatic carbocycles. The molecular weight excluding hydrogens is 176 g/mol. The average molecular weight is 190 g/mol. The second kappa shape index (κ2) is 4.57. The fraction of sp³-hybridized carbons (Fsp3) is 0.857. The van der Waals surface area contributed by atoms with Crippen LogP contribution in [0.4, 0.5) is 4.79 Å². The Labute approximate surface area is 76.4 Å². The minimum Gasteiger partial charge on any atom is -0.453 e. The summed E-state index contributed by atoms with van der Waals surface area (Å²) in [4.78, 5) is 12.9. The Hall–Kier alpha value is -0.420. The third kappa shape index (κ3) is 2.04. The Balaban J connectivity index is 2.52. The molecule has 1 saturated heterocycles. The van der Waals surface area contributed by atoms with Crippen LogP contribution in [0.2, 0.25) is 0 Å². The van der Waals surface area contributed by atoms with Gasteiger partial charge in [-0.1, -0.05) is 0 Å². The number of amides is 1. The summed E-state index contributed by atoms with van der Waals surface area (Å²) in [6.07, 6.45) is -0.259. The molecule has 1 unspecified atom stereocenters. The van der Waals surface area contributed by atoms with E-state index < -0.39 is 0 Å². The first-order valence-corrected chi connectivity index (χ1v) is 5.07. The fourth-order valence-corrected chi connectivity index (χ4v) is 2.29. The highest BCUT2D eigenvalue weighted by atomic mass is 32.2. The van der Waals surface area contributed by atoms with E-state index in [1.54, 1.807) is 4.90 Å². The molecule has 2 N–H and O–H groups in total. The molecule has 70 valence electrons. The van der Waals surface area contributed by atoms with Crippen molar-refractivity contribution in [3.05, 3.63) is 0 Å². The summed E-state index contributed by atoms with van der Waals surface area (Å²) in [5.74, 6) is 1.90. The zero-order chi connectivity index (χ0) is 8.97. The van der Waals surface area contributed by atoms with Crippen molar-refractivity contribution in [2.45, 2.75) is 6.04 Å². The smallest absolute Gasteiger partial charge is 0.409 e. The van der Waals surface area contributed by atoms with Gasteiger partial charge < -0.3 is 15.4 Å². The Morgan fingerprint density at radius 2 is 2.58 bits per heavy atom. The maximum Gasteiger partial charge on any atom is 0.409 e. The number of nitrogens with zero attached hydrogens (tertiary/aromatic N) is 1. The number of hydrogen-bond donors (Lipinski definition) is 1. The van der Waals surface area contributed by atoms with Crippen LogP contribution in [0.15, 0.2) is 0 Å². The van der Waals surface area contributed by atoms with Crippen molar-refractivity contribution in [3.63, 3.8) is 0 Å². The summed E-state index contributed by atoms with van der Waals surface area (Å²) in [6.45, 7) is 1.27. The summed E-state index contributed by atoms with van der Waals surface area (Å²) in [6, 6.07) is 0.149. The molecule has 12 heavy (non-hydrogen) atoms. The lowest BCUT2D eigenvalue weighted by atomic mass is 10.3. The number of ether oxygens (including phenoxy) is 1. The van der Waals surface area contributed by atoms with Crippen LogP contribution in [-0.4, -0.2) is 48.7 Å². The number of rotatable bonds is 1. The van der Waals surface area contributed by atoms with E-state index in [1.807, 2.05) is 11.8 Å². The van der Waals surface area contributed by atoms with Crippen molar-refractivity contribution in [3.8, 4) is 0 Å². The SMILES string of the molecule is COC(=O)N1CCSCC1CN. The highest BCUT2D eigenvalue weighted by Gasteiger charge is 2.26. The van der Waals surface area contributed by atoms with Gasteiger partial charge in [0.2, 0.25) is 0 Å². The normalized spacial score (nSPS) is 23.8. The summed E-state index contributed by atoms with van der Waals surface area (Å²) < 4.78 is 4.64. The van der Waals surface area contributed by atoms with E-state index in [4.69, 9.17) is 5.73 Å². The van der Waals surface area contributed by atoms with E-state index in [0.717, 1.165) is 18.1 Å². The van der Waals surface area contributed by atoms with E-state index >= 15 is 0 Å². The van der Waals surface area contributed by atoms with Gasteiger partial charge in [-0.3, -0.25) is 0 Å². The first-order chi connectivity index (χ1) is 5.79. The van der Waals surface area contributed by atoms with Crippen molar-refractivity contribution in [1.82, 2.24) is 4.90 Å². The zero-order valence-electron chi connectivity index (χ0n) is 7.16. The molecule has 1 atom stereocenters. The number of thioether (sulfide) groups is 1. The molecule has 5 heteroatoms. The van der Waals surface area contributed by atoms with Crippen LogP contribution in [0.5, 0.6) is 0 Å². The molecule has 1 aliphatic heterocycles. The quantitative estimate of drug-likeness (QED) is 0.638. The predicted octanol–water partition coefficient (Wildman–Crippen LogP) is 0.129. The van der Waals surface area contributed by atoms with Gasteiger partial charge in [0.05, 0.1) is 13.2 Å². The molecule has 0 aromatic heterocycles. The Morgan fingerprint density at radius 1 is 1.83 bits per heavy atom. The minimum atomic E-state index is -0.259. The number of carbonyl (C=O) groups is 1. The maximum absolute atomic E-state index is 11.2. The number of hydrogen-bond acceptors (Lipinski definition) is 4. The van der Waals surface area contributed by atoms with Crippen molar-refractivity contribution < 1.29 is 9.53 Å². The molecule has 1 amide bonds. The molecule has 1 fully saturated rings. The van der Waals surface area contributed by atoms with Gasteiger partial charge in [-0.25, -0.2) is 4.79 Å². The Kier molecular flexibility index (Phi) is 3.68. The third-order valence-corrected chi connectivity index (χ3v) is 3.00.